The normalized spacial score (nSPS) is 11.3. The second-order valence-corrected chi connectivity index (χ2v) is 8.21. The van der Waals surface area contributed by atoms with Gasteiger partial charge >= 0.3 is 0 Å². The van der Waals surface area contributed by atoms with Gasteiger partial charge < -0.3 is 0 Å². The molecule has 6 heteroatoms. The van der Waals surface area contributed by atoms with Crippen LogP contribution in [0.25, 0.3) is 10.2 Å². The predicted molar refractivity (Wildman–Crippen MR) is 121 cm³/mol. The first-order valence-electron chi connectivity index (χ1n) is 9.49. The van der Waals surface area contributed by atoms with Gasteiger partial charge in [-0.15, -0.1) is 0 Å². The summed E-state index contributed by atoms with van der Waals surface area (Å²) in [6, 6.07) is 17.6. The average Bonchev–Trinajstić information content (AvgIpc) is 3.12. The third-order valence-corrected chi connectivity index (χ3v) is 5.70. The van der Waals surface area contributed by atoms with Crippen LogP contribution in [0, 0.1) is 26.6 Å². The van der Waals surface area contributed by atoms with Crippen LogP contribution in [0.1, 0.15) is 32.6 Å². The molecule has 0 fully saturated rings. The van der Waals surface area contributed by atoms with Gasteiger partial charge in [0.05, 0.1) is 16.4 Å². The van der Waals surface area contributed by atoms with Crippen molar-refractivity contribution in [2.45, 2.75) is 20.8 Å². The smallest absolute Gasteiger partial charge is 0.267 e. The molecule has 30 heavy (non-hydrogen) atoms. The lowest BCUT2D eigenvalue weighted by molar-refractivity contribution is 0.0987. The number of hydrogen-bond donors (Lipinski definition) is 0. The van der Waals surface area contributed by atoms with E-state index in [1.54, 1.807) is 12.1 Å². The lowest BCUT2D eigenvalue weighted by Gasteiger charge is -2.15. The Hall–Kier alpha value is -3.38. The molecule has 150 valence electrons. The monoisotopic (exact) mass is 417 g/mol. The molecule has 0 aliphatic carbocycles. The van der Waals surface area contributed by atoms with Gasteiger partial charge in [0.25, 0.3) is 5.91 Å². The fourth-order valence-electron chi connectivity index (χ4n) is 3.14. The van der Waals surface area contributed by atoms with Gasteiger partial charge in [-0.25, -0.2) is 9.37 Å². The van der Waals surface area contributed by atoms with Crippen molar-refractivity contribution in [2.75, 3.05) is 5.01 Å². The quantitative estimate of drug-likeness (QED) is 0.300. The number of thiazole rings is 1. The highest BCUT2D eigenvalue weighted by atomic mass is 32.1. The van der Waals surface area contributed by atoms with Crippen molar-refractivity contribution in [1.29, 1.82) is 0 Å². The van der Waals surface area contributed by atoms with Gasteiger partial charge in [-0.05, 0) is 67.8 Å². The Balaban J connectivity index is 1.78. The van der Waals surface area contributed by atoms with E-state index in [-0.39, 0.29) is 11.7 Å². The minimum Gasteiger partial charge on any atom is -0.267 e. The van der Waals surface area contributed by atoms with Crippen LogP contribution in [-0.4, -0.2) is 17.1 Å². The van der Waals surface area contributed by atoms with Gasteiger partial charge in [0, 0.05) is 5.56 Å². The number of hydrazone groups is 1. The Morgan fingerprint density at radius 3 is 2.43 bits per heavy atom. The van der Waals surface area contributed by atoms with Gasteiger partial charge in [-0.1, -0.05) is 47.2 Å². The van der Waals surface area contributed by atoms with Crippen LogP contribution in [0.4, 0.5) is 9.52 Å². The molecule has 0 aliphatic heterocycles. The molecule has 0 aliphatic rings. The summed E-state index contributed by atoms with van der Waals surface area (Å²) in [6.45, 7) is 5.91. The number of amides is 1. The van der Waals surface area contributed by atoms with E-state index in [1.807, 2.05) is 57.2 Å². The van der Waals surface area contributed by atoms with E-state index in [0.29, 0.717) is 16.3 Å². The Morgan fingerprint density at radius 1 is 1.00 bits per heavy atom. The van der Waals surface area contributed by atoms with Gasteiger partial charge in [-0.2, -0.15) is 10.1 Å². The van der Waals surface area contributed by atoms with Crippen LogP contribution in [-0.2, 0) is 0 Å². The molecule has 0 saturated heterocycles. The molecule has 0 saturated carbocycles. The minimum atomic E-state index is -0.322. The zero-order valence-electron chi connectivity index (χ0n) is 16.9. The van der Waals surface area contributed by atoms with Gasteiger partial charge in [-0.3, -0.25) is 4.79 Å². The van der Waals surface area contributed by atoms with Crippen LogP contribution in [0.15, 0.2) is 65.8 Å². The molecule has 1 heterocycles. The number of aryl methyl sites for hydroxylation is 3. The Morgan fingerprint density at radius 2 is 1.70 bits per heavy atom. The van der Waals surface area contributed by atoms with Crippen molar-refractivity contribution < 1.29 is 9.18 Å². The van der Waals surface area contributed by atoms with Crippen molar-refractivity contribution in [3.63, 3.8) is 0 Å². The van der Waals surface area contributed by atoms with E-state index >= 15 is 0 Å². The molecule has 0 bridgehead atoms. The summed E-state index contributed by atoms with van der Waals surface area (Å²) >= 11 is 1.41. The highest BCUT2D eigenvalue weighted by Crippen LogP contribution is 2.31. The summed E-state index contributed by atoms with van der Waals surface area (Å²) in [5, 5.41) is 6.24. The first-order valence-corrected chi connectivity index (χ1v) is 10.3. The van der Waals surface area contributed by atoms with E-state index in [1.165, 1.54) is 34.7 Å². The zero-order chi connectivity index (χ0) is 21.3. The number of aromatic nitrogens is 1. The zero-order valence-corrected chi connectivity index (χ0v) is 17.7. The summed E-state index contributed by atoms with van der Waals surface area (Å²) < 4.78 is 14.2. The van der Waals surface area contributed by atoms with E-state index in [2.05, 4.69) is 10.1 Å². The first kappa shape index (κ1) is 19.9. The van der Waals surface area contributed by atoms with Crippen molar-refractivity contribution in [1.82, 2.24) is 4.98 Å². The number of fused-ring (bicyclic) bond motifs is 1. The molecule has 4 rings (SSSR count). The maximum Gasteiger partial charge on any atom is 0.281 e. The van der Waals surface area contributed by atoms with E-state index in [9.17, 15) is 9.18 Å². The largest absolute Gasteiger partial charge is 0.281 e. The van der Waals surface area contributed by atoms with Crippen LogP contribution in [0.3, 0.4) is 0 Å². The standard InChI is InChI=1S/C24H20FN3OS/c1-15-4-10-20(17(3)12-15)23(29)28(26-14-18-6-8-19(25)9-7-18)24-27-21-11-5-16(2)13-22(21)30-24/h4-14H,1-3H3/b26-14+. The second kappa shape index (κ2) is 8.16. The van der Waals surface area contributed by atoms with Gasteiger partial charge in [0.1, 0.15) is 5.82 Å². The van der Waals surface area contributed by atoms with Crippen LogP contribution in [0.5, 0.6) is 0 Å². The third-order valence-electron chi connectivity index (χ3n) is 4.71. The number of carbonyl (C=O) groups is 1. The van der Waals surface area contributed by atoms with Crippen molar-refractivity contribution in [3.05, 3.63) is 94.3 Å². The molecular weight excluding hydrogens is 397 g/mol. The number of nitrogens with zero attached hydrogens (tertiary/aromatic N) is 3. The molecule has 4 aromatic rings. The lowest BCUT2D eigenvalue weighted by atomic mass is 10.1. The highest BCUT2D eigenvalue weighted by molar-refractivity contribution is 7.22. The van der Waals surface area contributed by atoms with E-state index < -0.39 is 0 Å². The molecule has 0 N–H and O–H groups in total. The number of hydrogen-bond acceptors (Lipinski definition) is 4. The van der Waals surface area contributed by atoms with Crippen molar-refractivity contribution in [2.24, 2.45) is 5.10 Å². The Kier molecular flexibility index (Phi) is 5.42. The second-order valence-electron chi connectivity index (χ2n) is 7.20. The van der Waals surface area contributed by atoms with Crippen LogP contribution < -0.4 is 5.01 Å². The summed E-state index contributed by atoms with van der Waals surface area (Å²) in [4.78, 5) is 18.0. The SMILES string of the molecule is Cc1ccc(C(=O)N(/N=C/c2ccc(F)cc2)c2nc3ccc(C)cc3s2)c(C)c1. The average molecular weight is 418 g/mol. The highest BCUT2D eigenvalue weighted by Gasteiger charge is 2.22. The molecular formula is C24H20FN3OS. The molecule has 0 atom stereocenters. The summed E-state index contributed by atoms with van der Waals surface area (Å²) in [5.41, 5.74) is 5.15. The van der Waals surface area contributed by atoms with Crippen molar-refractivity contribution >= 4 is 38.8 Å². The first-order chi connectivity index (χ1) is 14.4. The predicted octanol–water partition coefficient (Wildman–Crippen LogP) is 6.04. The molecule has 3 aromatic carbocycles. The Labute approximate surface area is 178 Å². The Bertz CT molecular complexity index is 1260. The summed E-state index contributed by atoms with van der Waals surface area (Å²) in [7, 11) is 0. The van der Waals surface area contributed by atoms with Crippen molar-refractivity contribution in [3.8, 4) is 0 Å². The van der Waals surface area contributed by atoms with Crippen LogP contribution >= 0.6 is 11.3 Å². The maximum atomic E-state index is 13.4. The van der Waals surface area contributed by atoms with E-state index in [0.717, 1.165) is 26.9 Å². The lowest BCUT2D eigenvalue weighted by Crippen LogP contribution is -2.26. The van der Waals surface area contributed by atoms with Crippen LogP contribution in [0.2, 0.25) is 0 Å². The van der Waals surface area contributed by atoms with E-state index in [4.69, 9.17) is 0 Å². The third kappa shape index (κ3) is 4.14. The fourth-order valence-corrected chi connectivity index (χ4v) is 4.16. The molecule has 4 nitrogen and oxygen atoms in total. The molecule has 1 aromatic heterocycles. The number of benzene rings is 3. The van der Waals surface area contributed by atoms with Gasteiger partial charge in [0.2, 0.25) is 5.13 Å². The molecule has 1 amide bonds. The number of carbonyl (C=O) groups excluding carboxylic acids is 1. The number of rotatable bonds is 4. The topological polar surface area (TPSA) is 45.6 Å². The molecule has 0 spiro atoms. The number of halogens is 1. The number of anilines is 1. The minimum absolute atomic E-state index is 0.262. The van der Waals surface area contributed by atoms with Gasteiger partial charge in [0.15, 0.2) is 0 Å². The molecule has 0 radical (unpaired) electrons. The maximum absolute atomic E-state index is 13.4. The summed E-state index contributed by atoms with van der Waals surface area (Å²) in [5.74, 6) is -0.585. The fraction of sp³-hybridized carbons (Fsp3) is 0.125. The molecule has 0 unspecified atom stereocenters. The summed E-state index contributed by atoms with van der Waals surface area (Å²) in [6.07, 6.45) is 1.54.